The second-order valence-corrected chi connectivity index (χ2v) is 8.81. The van der Waals surface area contributed by atoms with Crippen molar-refractivity contribution >= 4 is 11.9 Å². The van der Waals surface area contributed by atoms with Gasteiger partial charge in [0.1, 0.15) is 0 Å². The lowest BCUT2D eigenvalue weighted by atomic mass is 9.99. The van der Waals surface area contributed by atoms with Crippen molar-refractivity contribution in [2.75, 3.05) is 32.7 Å². The molecule has 29 heavy (non-hydrogen) atoms. The average Bonchev–Trinajstić information content (AvgIpc) is 2.71. The third-order valence-corrected chi connectivity index (χ3v) is 5.88. The highest BCUT2D eigenvalue weighted by molar-refractivity contribution is 5.77. The van der Waals surface area contributed by atoms with Crippen molar-refractivity contribution < 1.29 is 9.59 Å². The van der Waals surface area contributed by atoms with Crippen LogP contribution in [0.1, 0.15) is 50.7 Å². The minimum atomic E-state index is -0.105. The van der Waals surface area contributed by atoms with Crippen LogP contribution in [0.25, 0.3) is 0 Å². The van der Waals surface area contributed by atoms with Gasteiger partial charge in [-0.1, -0.05) is 38.1 Å². The summed E-state index contributed by atoms with van der Waals surface area (Å²) >= 11 is 0. The highest BCUT2D eigenvalue weighted by Crippen LogP contribution is 2.19. The molecule has 2 heterocycles. The number of amides is 3. The molecule has 0 radical (unpaired) electrons. The smallest absolute Gasteiger partial charge is 0.315 e. The van der Waals surface area contributed by atoms with E-state index in [0.29, 0.717) is 31.8 Å². The van der Waals surface area contributed by atoms with Crippen LogP contribution in [0.3, 0.4) is 0 Å². The molecule has 2 aliphatic heterocycles. The van der Waals surface area contributed by atoms with Crippen molar-refractivity contribution in [1.29, 1.82) is 0 Å². The number of likely N-dealkylation sites (tertiary alicyclic amines) is 1. The number of hydrogen-bond donors (Lipinski definition) is 2. The summed E-state index contributed by atoms with van der Waals surface area (Å²) in [7, 11) is 0. The lowest BCUT2D eigenvalue weighted by Gasteiger charge is -2.33. The summed E-state index contributed by atoms with van der Waals surface area (Å²) in [6, 6.07) is 8.49. The van der Waals surface area contributed by atoms with Gasteiger partial charge in [0, 0.05) is 51.7 Å². The highest BCUT2D eigenvalue weighted by atomic mass is 16.2. The molecule has 0 aliphatic carbocycles. The van der Waals surface area contributed by atoms with Gasteiger partial charge < -0.3 is 20.4 Å². The Morgan fingerprint density at radius 1 is 1.10 bits per heavy atom. The first-order valence-corrected chi connectivity index (χ1v) is 11.1. The predicted octanol–water partition coefficient (Wildman–Crippen LogP) is 2.77. The Hall–Kier alpha value is -2.08. The molecule has 3 rings (SSSR count). The van der Waals surface area contributed by atoms with Crippen molar-refractivity contribution in [3.05, 3.63) is 35.4 Å². The minimum absolute atomic E-state index is 0.105. The molecule has 6 nitrogen and oxygen atoms in total. The number of carbonyl (C=O) groups excluding carboxylic acids is 2. The molecule has 1 aromatic carbocycles. The summed E-state index contributed by atoms with van der Waals surface area (Å²) in [5, 5.41) is 6.00. The Bertz CT molecular complexity index is 683. The molecular weight excluding hydrogens is 364 g/mol. The molecule has 0 spiro atoms. The van der Waals surface area contributed by atoms with Gasteiger partial charge in [-0.25, -0.2) is 4.79 Å². The number of piperidine rings is 1. The normalized spacial score (nSPS) is 17.8. The van der Waals surface area contributed by atoms with Gasteiger partial charge in [-0.2, -0.15) is 0 Å². The van der Waals surface area contributed by atoms with E-state index in [1.807, 2.05) is 11.0 Å². The van der Waals surface area contributed by atoms with Gasteiger partial charge in [-0.05, 0) is 42.7 Å². The molecule has 1 fully saturated rings. The third kappa shape index (κ3) is 6.74. The number of nitrogens with zero attached hydrogens (tertiary/aromatic N) is 2. The molecule has 6 heteroatoms. The van der Waals surface area contributed by atoms with E-state index >= 15 is 0 Å². The van der Waals surface area contributed by atoms with Crippen molar-refractivity contribution in [1.82, 2.24) is 20.4 Å². The number of fused-ring (bicyclic) bond motifs is 1. The van der Waals surface area contributed by atoms with Gasteiger partial charge in [-0.3, -0.25) is 4.79 Å². The summed E-state index contributed by atoms with van der Waals surface area (Å²) < 4.78 is 0. The standard InChI is InChI=1S/C23H36N4O2/c1-18(2)16-26-13-10-21(11-14-26)25-23(29)24-12-5-8-22(28)27-15-9-19-6-3-4-7-20(19)17-27/h3-4,6-7,18,21H,5,8-17H2,1-2H3,(H2,24,25,29). The largest absolute Gasteiger partial charge is 0.338 e. The van der Waals surface area contributed by atoms with E-state index in [0.717, 1.165) is 45.4 Å². The number of carbonyl (C=O) groups is 2. The van der Waals surface area contributed by atoms with Crippen molar-refractivity contribution in [3.63, 3.8) is 0 Å². The zero-order chi connectivity index (χ0) is 20.6. The Kier molecular flexibility index (Phi) is 7.92. The summed E-state index contributed by atoms with van der Waals surface area (Å²) in [5.74, 6) is 0.865. The predicted molar refractivity (Wildman–Crippen MR) is 116 cm³/mol. The highest BCUT2D eigenvalue weighted by Gasteiger charge is 2.22. The SMILES string of the molecule is CC(C)CN1CCC(NC(=O)NCCCC(=O)N2CCc3ccccc3C2)CC1. The van der Waals surface area contributed by atoms with Crippen molar-refractivity contribution in [3.8, 4) is 0 Å². The van der Waals surface area contributed by atoms with E-state index in [1.165, 1.54) is 11.1 Å². The van der Waals surface area contributed by atoms with E-state index in [4.69, 9.17) is 0 Å². The van der Waals surface area contributed by atoms with Crippen LogP contribution in [-0.2, 0) is 17.8 Å². The lowest BCUT2D eigenvalue weighted by Crippen LogP contribution is -2.48. The first-order valence-electron chi connectivity index (χ1n) is 11.1. The van der Waals surface area contributed by atoms with Gasteiger partial charge in [0.15, 0.2) is 0 Å². The molecule has 0 atom stereocenters. The van der Waals surface area contributed by atoms with Crippen LogP contribution >= 0.6 is 0 Å². The molecule has 0 saturated carbocycles. The molecule has 2 N–H and O–H groups in total. The second kappa shape index (κ2) is 10.6. The maximum Gasteiger partial charge on any atom is 0.315 e. The Morgan fingerprint density at radius 3 is 2.55 bits per heavy atom. The first-order chi connectivity index (χ1) is 14.0. The van der Waals surface area contributed by atoms with E-state index in [-0.39, 0.29) is 18.0 Å². The Balaban J connectivity index is 1.28. The molecule has 1 saturated heterocycles. The lowest BCUT2D eigenvalue weighted by molar-refractivity contribution is -0.132. The van der Waals surface area contributed by atoms with Crippen molar-refractivity contribution in [2.45, 2.75) is 58.5 Å². The average molecular weight is 401 g/mol. The fourth-order valence-corrected chi connectivity index (χ4v) is 4.32. The molecule has 160 valence electrons. The Labute approximate surface area is 175 Å². The number of benzene rings is 1. The van der Waals surface area contributed by atoms with E-state index in [9.17, 15) is 9.59 Å². The number of urea groups is 1. The van der Waals surface area contributed by atoms with Crippen LogP contribution in [-0.4, -0.2) is 60.5 Å². The quantitative estimate of drug-likeness (QED) is 0.692. The van der Waals surface area contributed by atoms with Crippen LogP contribution in [0.4, 0.5) is 4.79 Å². The molecule has 3 amide bonds. The van der Waals surface area contributed by atoms with E-state index in [2.05, 4.69) is 47.6 Å². The van der Waals surface area contributed by atoms with E-state index in [1.54, 1.807) is 0 Å². The molecule has 0 aromatic heterocycles. The van der Waals surface area contributed by atoms with Crippen LogP contribution in [0, 0.1) is 5.92 Å². The van der Waals surface area contributed by atoms with Crippen LogP contribution in [0.15, 0.2) is 24.3 Å². The zero-order valence-electron chi connectivity index (χ0n) is 18.0. The fraction of sp³-hybridized carbons (Fsp3) is 0.652. The summed E-state index contributed by atoms with van der Waals surface area (Å²) in [4.78, 5) is 29.0. The molecular formula is C23H36N4O2. The topological polar surface area (TPSA) is 64.7 Å². The molecule has 0 bridgehead atoms. The number of rotatable bonds is 7. The van der Waals surface area contributed by atoms with Gasteiger partial charge in [0.2, 0.25) is 5.91 Å². The molecule has 2 aliphatic rings. The Morgan fingerprint density at radius 2 is 1.83 bits per heavy atom. The summed E-state index contributed by atoms with van der Waals surface area (Å²) in [5.41, 5.74) is 2.61. The third-order valence-electron chi connectivity index (χ3n) is 5.88. The maximum atomic E-state index is 12.5. The van der Waals surface area contributed by atoms with Crippen LogP contribution in [0.2, 0.25) is 0 Å². The maximum absolute atomic E-state index is 12.5. The summed E-state index contributed by atoms with van der Waals surface area (Å²) in [6.07, 6.45) is 4.11. The van der Waals surface area contributed by atoms with Crippen LogP contribution < -0.4 is 10.6 Å². The van der Waals surface area contributed by atoms with Gasteiger partial charge >= 0.3 is 6.03 Å². The number of nitrogens with one attached hydrogen (secondary N) is 2. The first kappa shape index (κ1) is 21.6. The monoisotopic (exact) mass is 400 g/mol. The van der Waals surface area contributed by atoms with Gasteiger partial charge in [0.05, 0.1) is 0 Å². The minimum Gasteiger partial charge on any atom is -0.338 e. The van der Waals surface area contributed by atoms with Crippen LogP contribution in [0.5, 0.6) is 0 Å². The fourth-order valence-electron chi connectivity index (χ4n) is 4.32. The van der Waals surface area contributed by atoms with Gasteiger partial charge in [-0.15, -0.1) is 0 Å². The van der Waals surface area contributed by atoms with Crippen molar-refractivity contribution in [2.24, 2.45) is 5.92 Å². The second-order valence-electron chi connectivity index (χ2n) is 8.81. The van der Waals surface area contributed by atoms with E-state index < -0.39 is 0 Å². The molecule has 1 aromatic rings. The number of hydrogen-bond acceptors (Lipinski definition) is 3. The zero-order valence-corrected chi connectivity index (χ0v) is 18.0. The molecule has 0 unspecified atom stereocenters. The van der Waals surface area contributed by atoms with Gasteiger partial charge in [0.25, 0.3) is 0 Å². The summed E-state index contributed by atoms with van der Waals surface area (Å²) in [6.45, 7) is 9.76.